The maximum absolute atomic E-state index is 11.4. The first-order valence-corrected chi connectivity index (χ1v) is 7.81. The molecule has 0 radical (unpaired) electrons. The van der Waals surface area contributed by atoms with E-state index in [1.165, 1.54) is 24.0 Å². The summed E-state index contributed by atoms with van der Waals surface area (Å²) < 4.78 is 5.45. The molecule has 4 heteroatoms. The molecule has 1 amide bonds. The summed E-state index contributed by atoms with van der Waals surface area (Å²) in [6.45, 7) is 1.39. The van der Waals surface area contributed by atoms with Gasteiger partial charge in [0, 0.05) is 12.5 Å². The molecule has 4 nitrogen and oxygen atoms in total. The summed E-state index contributed by atoms with van der Waals surface area (Å²) in [7, 11) is 0. The summed E-state index contributed by atoms with van der Waals surface area (Å²) in [5.41, 5.74) is 15.6. The van der Waals surface area contributed by atoms with Gasteiger partial charge >= 0.3 is 0 Å². The quantitative estimate of drug-likeness (QED) is 0.874. The number of fused-ring (bicyclic) bond motifs is 1. The number of rotatable bonds is 5. The molecule has 1 aliphatic heterocycles. The number of benzene rings is 1. The van der Waals surface area contributed by atoms with Crippen LogP contribution in [0.2, 0.25) is 0 Å². The summed E-state index contributed by atoms with van der Waals surface area (Å²) in [5, 5.41) is 0. The Kier molecular flexibility index (Phi) is 4.00. The molecule has 114 valence electrons. The lowest BCUT2D eigenvalue weighted by Crippen LogP contribution is -2.29. The average molecular weight is 288 g/mol. The summed E-state index contributed by atoms with van der Waals surface area (Å²) in [4.78, 5) is 11.4. The van der Waals surface area contributed by atoms with Crippen LogP contribution < -0.4 is 11.5 Å². The molecule has 4 N–H and O–H groups in total. The van der Waals surface area contributed by atoms with Gasteiger partial charge in [-0.3, -0.25) is 4.79 Å². The van der Waals surface area contributed by atoms with E-state index >= 15 is 0 Å². The lowest BCUT2D eigenvalue weighted by atomic mass is 9.75. The number of hydrogen-bond donors (Lipinski definition) is 2. The highest BCUT2D eigenvalue weighted by Crippen LogP contribution is 2.46. The monoisotopic (exact) mass is 288 g/mol. The van der Waals surface area contributed by atoms with E-state index in [0.29, 0.717) is 19.6 Å². The Hall–Kier alpha value is -1.39. The Morgan fingerprint density at radius 3 is 2.67 bits per heavy atom. The minimum Gasteiger partial charge on any atom is -0.372 e. The number of nitrogens with two attached hydrogens (primary N) is 2. The van der Waals surface area contributed by atoms with Crippen LogP contribution in [0.5, 0.6) is 0 Å². The molecular formula is C17H24N2O2. The van der Waals surface area contributed by atoms with Crippen molar-refractivity contribution in [3.05, 3.63) is 34.9 Å². The molecule has 1 aromatic carbocycles. The summed E-state index contributed by atoms with van der Waals surface area (Å²) in [5.74, 6) is -0.202. The molecule has 3 rings (SSSR count). The van der Waals surface area contributed by atoms with E-state index < -0.39 is 0 Å². The van der Waals surface area contributed by atoms with E-state index in [1.807, 2.05) is 0 Å². The predicted molar refractivity (Wildman–Crippen MR) is 81.2 cm³/mol. The largest absolute Gasteiger partial charge is 0.372 e. The van der Waals surface area contributed by atoms with Crippen LogP contribution in [0.15, 0.2) is 18.2 Å². The van der Waals surface area contributed by atoms with E-state index in [4.69, 9.17) is 16.2 Å². The SMILES string of the molecule is NC(=O)CC1(CC(N)c2ccc3c(c2)COC3)CCCC1. The Morgan fingerprint density at radius 1 is 1.24 bits per heavy atom. The van der Waals surface area contributed by atoms with Crippen LogP contribution >= 0.6 is 0 Å². The molecule has 0 aromatic heterocycles. The van der Waals surface area contributed by atoms with Crippen LogP contribution in [-0.4, -0.2) is 5.91 Å². The number of primary amides is 1. The fourth-order valence-electron chi connectivity index (χ4n) is 3.95. The fraction of sp³-hybridized carbons (Fsp3) is 0.588. The van der Waals surface area contributed by atoms with Crippen LogP contribution in [-0.2, 0) is 22.7 Å². The van der Waals surface area contributed by atoms with Gasteiger partial charge in [0.25, 0.3) is 0 Å². The van der Waals surface area contributed by atoms with E-state index in [1.54, 1.807) is 0 Å². The van der Waals surface area contributed by atoms with Gasteiger partial charge in [-0.1, -0.05) is 31.0 Å². The zero-order valence-corrected chi connectivity index (χ0v) is 12.4. The zero-order valence-electron chi connectivity index (χ0n) is 12.4. The van der Waals surface area contributed by atoms with Crippen LogP contribution in [0.1, 0.15) is 61.3 Å². The van der Waals surface area contributed by atoms with E-state index in [0.717, 1.165) is 24.8 Å². The second-order valence-corrected chi connectivity index (χ2v) is 6.68. The molecule has 1 fully saturated rings. The smallest absolute Gasteiger partial charge is 0.217 e. The second-order valence-electron chi connectivity index (χ2n) is 6.68. The molecular weight excluding hydrogens is 264 g/mol. The lowest BCUT2D eigenvalue weighted by Gasteiger charge is -2.31. The maximum Gasteiger partial charge on any atom is 0.217 e. The van der Waals surface area contributed by atoms with Gasteiger partial charge in [-0.25, -0.2) is 0 Å². The number of ether oxygens (including phenoxy) is 1. The maximum atomic E-state index is 11.4. The van der Waals surface area contributed by atoms with Gasteiger partial charge in [-0.05, 0) is 41.4 Å². The van der Waals surface area contributed by atoms with Gasteiger partial charge < -0.3 is 16.2 Å². The van der Waals surface area contributed by atoms with Crippen molar-refractivity contribution in [2.75, 3.05) is 0 Å². The van der Waals surface area contributed by atoms with E-state index in [-0.39, 0.29) is 17.4 Å². The first-order chi connectivity index (χ1) is 10.1. The molecule has 2 aliphatic rings. The van der Waals surface area contributed by atoms with Crippen molar-refractivity contribution in [3.8, 4) is 0 Å². The fourth-order valence-corrected chi connectivity index (χ4v) is 3.95. The molecule has 1 unspecified atom stereocenters. The highest BCUT2D eigenvalue weighted by molar-refractivity contribution is 5.74. The van der Waals surface area contributed by atoms with Crippen molar-refractivity contribution in [3.63, 3.8) is 0 Å². The standard InChI is InChI=1S/C17H24N2O2/c18-15(8-17(9-16(19)20)5-1-2-6-17)12-3-4-13-10-21-11-14(13)7-12/h3-4,7,15H,1-2,5-6,8-11,18H2,(H2,19,20). The molecule has 21 heavy (non-hydrogen) atoms. The van der Waals surface area contributed by atoms with Crippen molar-refractivity contribution in [2.24, 2.45) is 16.9 Å². The average Bonchev–Trinajstić information content (AvgIpc) is 3.06. The highest BCUT2D eigenvalue weighted by Gasteiger charge is 2.37. The minimum absolute atomic E-state index is 0.0146. The van der Waals surface area contributed by atoms with Crippen LogP contribution in [0, 0.1) is 5.41 Å². The topological polar surface area (TPSA) is 78.3 Å². The van der Waals surface area contributed by atoms with Crippen LogP contribution in [0.3, 0.4) is 0 Å². The van der Waals surface area contributed by atoms with Gasteiger partial charge in [0.1, 0.15) is 0 Å². The molecule has 1 heterocycles. The van der Waals surface area contributed by atoms with Crippen molar-refractivity contribution >= 4 is 5.91 Å². The van der Waals surface area contributed by atoms with Gasteiger partial charge in [0.15, 0.2) is 0 Å². The Morgan fingerprint density at radius 2 is 1.95 bits per heavy atom. The first kappa shape index (κ1) is 14.5. The summed E-state index contributed by atoms with van der Waals surface area (Å²) in [6, 6.07) is 6.35. The van der Waals surface area contributed by atoms with Gasteiger partial charge in [-0.2, -0.15) is 0 Å². The molecule has 0 spiro atoms. The van der Waals surface area contributed by atoms with Gasteiger partial charge in [0.05, 0.1) is 13.2 Å². The Labute approximate surface area is 125 Å². The molecule has 0 saturated heterocycles. The van der Waals surface area contributed by atoms with Crippen molar-refractivity contribution in [1.29, 1.82) is 0 Å². The van der Waals surface area contributed by atoms with Gasteiger partial charge in [-0.15, -0.1) is 0 Å². The number of carbonyl (C=O) groups excluding carboxylic acids is 1. The third-order valence-corrected chi connectivity index (χ3v) is 5.04. The first-order valence-electron chi connectivity index (χ1n) is 7.81. The predicted octanol–water partition coefficient (Wildman–Crippen LogP) is 2.54. The Bertz CT molecular complexity index is 536. The number of amides is 1. The number of hydrogen-bond acceptors (Lipinski definition) is 3. The van der Waals surface area contributed by atoms with E-state index in [2.05, 4.69) is 18.2 Å². The molecule has 0 bridgehead atoms. The van der Waals surface area contributed by atoms with Crippen molar-refractivity contribution in [1.82, 2.24) is 0 Å². The Balaban J connectivity index is 1.75. The molecule has 1 aliphatic carbocycles. The highest BCUT2D eigenvalue weighted by atomic mass is 16.5. The summed E-state index contributed by atoms with van der Waals surface area (Å²) >= 11 is 0. The summed E-state index contributed by atoms with van der Waals surface area (Å²) in [6.07, 6.45) is 5.80. The normalized spacial score (nSPS) is 21.2. The third kappa shape index (κ3) is 3.11. The van der Waals surface area contributed by atoms with Crippen molar-refractivity contribution < 1.29 is 9.53 Å². The minimum atomic E-state index is -0.202. The number of carbonyl (C=O) groups is 1. The van der Waals surface area contributed by atoms with Crippen LogP contribution in [0.4, 0.5) is 0 Å². The van der Waals surface area contributed by atoms with Gasteiger partial charge in [0.2, 0.25) is 5.91 Å². The zero-order chi connectivity index (χ0) is 14.9. The molecule has 1 saturated carbocycles. The van der Waals surface area contributed by atoms with Crippen molar-refractivity contribution in [2.45, 2.75) is 57.8 Å². The molecule has 1 atom stereocenters. The van der Waals surface area contributed by atoms with E-state index in [9.17, 15) is 4.79 Å². The molecule has 1 aromatic rings. The lowest BCUT2D eigenvalue weighted by molar-refractivity contribution is -0.120. The third-order valence-electron chi connectivity index (χ3n) is 5.04. The second kappa shape index (κ2) is 5.78. The van der Waals surface area contributed by atoms with Crippen LogP contribution in [0.25, 0.3) is 0 Å².